The maximum atomic E-state index is 12.8. The summed E-state index contributed by atoms with van der Waals surface area (Å²) in [7, 11) is 0.352. The van der Waals surface area contributed by atoms with E-state index in [4.69, 9.17) is 4.74 Å². The number of anilines is 3. The zero-order valence-electron chi connectivity index (χ0n) is 20.7. The first-order valence-electron chi connectivity index (χ1n) is 11.4. The summed E-state index contributed by atoms with van der Waals surface area (Å²) in [6.45, 7) is 4.88. The third kappa shape index (κ3) is 6.20. The highest BCUT2D eigenvalue weighted by Gasteiger charge is 2.28. The van der Waals surface area contributed by atoms with Crippen LogP contribution in [0.15, 0.2) is 48.2 Å². The van der Waals surface area contributed by atoms with Crippen LogP contribution in [-0.2, 0) is 19.6 Å². The fourth-order valence-corrected chi connectivity index (χ4v) is 4.72. The molecule has 1 aliphatic rings. The molecule has 0 saturated carbocycles. The van der Waals surface area contributed by atoms with Crippen molar-refractivity contribution in [2.24, 2.45) is 0 Å². The molecule has 2 aromatic rings. The Kier molecular flexibility index (Phi) is 8.18. The number of ether oxygens (including phenoxy) is 1. The second-order valence-electron chi connectivity index (χ2n) is 8.45. The Hall–Kier alpha value is -3.37. The van der Waals surface area contributed by atoms with Gasteiger partial charge in [-0.05, 0) is 63.8 Å². The first-order valence-corrected chi connectivity index (χ1v) is 13.3. The van der Waals surface area contributed by atoms with Gasteiger partial charge >= 0.3 is 5.97 Å². The lowest BCUT2D eigenvalue weighted by atomic mass is 10.0. The van der Waals surface area contributed by atoms with Crippen molar-refractivity contribution in [3.8, 4) is 0 Å². The van der Waals surface area contributed by atoms with Crippen LogP contribution in [0.2, 0.25) is 0 Å². The van der Waals surface area contributed by atoms with Gasteiger partial charge in [0.15, 0.2) is 0 Å². The van der Waals surface area contributed by atoms with Crippen molar-refractivity contribution in [2.75, 3.05) is 55.0 Å². The van der Waals surface area contributed by atoms with Crippen LogP contribution in [-0.4, -0.2) is 65.2 Å². The third-order valence-electron chi connectivity index (χ3n) is 5.53. The van der Waals surface area contributed by atoms with Crippen molar-refractivity contribution in [2.45, 2.75) is 20.3 Å². The molecule has 2 N–H and O–H groups in total. The fraction of sp³-hybridized carbons (Fsp3) is 0.360. The molecule has 1 aliphatic heterocycles. The number of sulfonamides is 1. The summed E-state index contributed by atoms with van der Waals surface area (Å²) in [5.74, 6) is -0.696. The van der Waals surface area contributed by atoms with Gasteiger partial charge in [-0.15, -0.1) is 0 Å². The molecule has 0 aliphatic carbocycles. The van der Waals surface area contributed by atoms with E-state index in [0.29, 0.717) is 53.3 Å². The van der Waals surface area contributed by atoms with Crippen LogP contribution in [0.4, 0.5) is 17.1 Å². The van der Waals surface area contributed by atoms with Gasteiger partial charge in [0.2, 0.25) is 10.0 Å². The maximum Gasteiger partial charge on any atom is 0.338 e. The number of allylic oxidation sites excluding steroid dienone is 1. The number of benzene rings is 2. The molecule has 0 radical (unpaired) electrons. The van der Waals surface area contributed by atoms with E-state index in [1.54, 1.807) is 49.4 Å². The number of hydrogen-bond donors (Lipinski definition) is 2. The first-order chi connectivity index (χ1) is 16.5. The molecule has 0 bridgehead atoms. The predicted molar refractivity (Wildman–Crippen MR) is 139 cm³/mol. The lowest BCUT2D eigenvalue weighted by Crippen LogP contribution is -2.35. The van der Waals surface area contributed by atoms with Gasteiger partial charge in [-0.25, -0.2) is 13.2 Å². The van der Waals surface area contributed by atoms with Crippen LogP contribution in [0.5, 0.6) is 0 Å². The Bertz CT molecular complexity index is 1240. The van der Waals surface area contributed by atoms with Crippen molar-refractivity contribution < 1.29 is 22.7 Å². The molecule has 1 amide bonds. The number of nitrogens with one attached hydrogen (secondary N) is 2. The minimum Gasteiger partial charge on any atom is -0.462 e. The molecule has 0 aromatic heterocycles. The second-order valence-corrected chi connectivity index (χ2v) is 10.4. The van der Waals surface area contributed by atoms with E-state index in [1.165, 1.54) is 10.6 Å². The molecule has 0 saturated heterocycles. The van der Waals surface area contributed by atoms with Crippen molar-refractivity contribution in [1.29, 1.82) is 0 Å². The quantitative estimate of drug-likeness (QED) is 0.380. The van der Waals surface area contributed by atoms with E-state index in [-0.39, 0.29) is 12.5 Å². The molecule has 188 valence electrons. The fourth-order valence-electron chi connectivity index (χ4n) is 3.80. The summed E-state index contributed by atoms with van der Waals surface area (Å²) in [5, 5.41) is 6.13. The minimum absolute atomic E-state index is 0.256. The van der Waals surface area contributed by atoms with Crippen LogP contribution in [0.1, 0.15) is 36.2 Å². The predicted octanol–water partition coefficient (Wildman–Crippen LogP) is 3.38. The van der Waals surface area contributed by atoms with Gasteiger partial charge in [0, 0.05) is 30.0 Å². The lowest BCUT2D eigenvalue weighted by molar-refractivity contribution is -0.110. The topological polar surface area (TPSA) is 108 Å². The Labute approximate surface area is 206 Å². The molecular weight excluding hydrogens is 468 g/mol. The second kappa shape index (κ2) is 10.9. The number of esters is 1. The van der Waals surface area contributed by atoms with Crippen molar-refractivity contribution in [1.82, 2.24) is 4.90 Å². The van der Waals surface area contributed by atoms with Crippen molar-refractivity contribution >= 4 is 44.5 Å². The molecule has 0 unspecified atom stereocenters. The highest BCUT2D eigenvalue weighted by Crippen LogP contribution is 2.36. The average molecular weight is 501 g/mol. The molecule has 0 atom stereocenters. The molecule has 10 heteroatoms. The summed E-state index contributed by atoms with van der Waals surface area (Å²) in [5.41, 5.74) is 4.15. The van der Waals surface area contributed by atoms with Gasteiger partial charge in [-0.3, -0.25) is 9.10 Å². The third-order valence-corrected chi connectivity index (χ3v) is 6.73. The minimum atomic E-state index is -3.43. The van der Waals surface area contributed by atoms with Gasteiger partial charge in [0.05, 0.1) is 35.4 Å². The van der Waals surface area contributed by atoms with E-state index < -0.39 is 16.0 Å². The van der Waals surface area contributed by atoms with Gasteiger partial charge < -0.3 is 20.3 Å². The molecule has 35 heavy (non-hydrogen) atoms. The molecule has 2 aromatic carbocycles. The van der Waals surface area contributed by atoms with Crippen molar-refractivity contribution in [3.05, 3.63) is 59.3 Å². The van der Waals surface area contributed by atoms with Gasteiger partial charge in [-0.2, -0.15) is 0 Å². The molecule has 0 spiro atoms. The van der Waals surface area contributed by atoms with E-state index in [9.17, 15) is 18.0 Å². The lowest BCUT2D eigenvalue weighted by Gasteiger charge is -2.24. The summed E-state index contributed by atoms with van der Waals surface area (Å²) < 4.78 is 31.0. The largest absolute Gasteiger partial charge is 0.462 e. The summed E-state index contributed by atoms with van der Waals surface area (Å²) in [4.78, 5) is 26.8. The first kappa shape index (κ1) is 26.2. The van der Waals surface area contributed by atoms with Gasteiger partial charge in [-0.1, -0.05) is 13.0 Å². The Morgan fingerprint density at radius 3 is 2.31 bits per heavy atom. The van der Waals surface area contributed by atoms with Crippen LogP contribution in [0.25, 0.3) is 5.57 Å². The SMILES string of the molecule is CCOC(=O)c1ccc2c(c1)NC(=O)/C2=C(\CC)Nc1ccc(N(CCN(C)C)S(C)(=O)=O)cc1. The number of fused-ring (bicyclic) bond motifs is 1. The number of likely N-dealkylation sites (N-methyl/N-ethyl adjacent to an activating group) is 1. The van der Waals surface area contributed by atoms with Crippen LogP contribution in [0.3, 0.4) is 0 Å². The van der Waals surface area contributed by atoms with E-state index in [0.717, 1.165) is 5.69 Å². The van der Waals surface area contributed by atoms with E-state index in [2.05, 4.69) is 10.6 Å². The molecule has 3 rings (SSSR count). The van der Waals surface area contributed by atoms with Gasteiger partial charge in [0.25, 0.3) is 5.91 Å². The maximum absolute atomic E-state index is 12.8. The Balaban J connectivity index is 1.87. The Morgan fingerprint density at radius 1 is 1.06 bits per heavy atom. The smallest absolute Gasteiger partial charge is 0.338 e. The Morgan fingerprint density at radius 2 is 1.74 bits per heavy atom. The number of hydrogen-bond acceptors (Lipinski definition) is 7. The number of nitrogens with zero attached hydrogens (tertiary/aromatic N) is 2. The van der Waals surface area contributed by atoms with Crippen LogP contribution < -0.4 is 14.9 Å². The number of amides is 1. The molecule has 9 nitrogen and oxygen atoms in total. The molecular formula is C25H32N4O5S. The highest BCUT2D eigenvalue weighted by atomic mass is 32.2. The van der Waals surface area contributed by atoms with Crippen molar-refractivity contribution in [3.63, 3.8) is 0 Å². The number of carbonyl (C=O) groups excluding carboxylic acids is 2. The van der Waals surface area contributed by atoms with Crippen LogP contribution >= 0.6 is 0 Å². The zero-order chi connectivity index (χ0) is 25.8. The standard InChI is InChI=1S/C25H32N4O5S/c1-6-21(23-20-13-8-17(25(31)34-7-2)16-22(20)27-24(23)30)26-18-9-11-19(12-10-18)29(35(5,32)33)15-14-28(3)4/h8-13,16,26H,6-7,14-15H2,1-5H3,(H,27,30)/b23-21+. The highest BCUT2D eigenvalue weighted by molar-refractivity contribution is 7.92. The van der Waals surface area contributed by atoms with E-state index >= 15 is 0 Å². The van der Waals surface area contributed by atoms with Gasteiger partial charge in [0.1, 0.15) is 0 Å². The zero-order valence-corrected chi connectivity index (χ0v) is 21.5. The molecule has 1 heterocycles. The summed E-state index contributed by atoms with van der Waals surface area (Å²) in [6.07, 6.45) is 1.75. The number of rotatable bonds is 10. The number of carbonyl (C=O) groups is 2. The normalized spacial score (nSPS) is 14.4. The van der Waals surface area contributed by atoms with E-state index in [1.807, 2.05) is 25.9 Å². The summed E-state index contributed by atoms with van der Waals surface area (Å²) >= 11 is 0. The van der Waals surface area contributed by atoms with Crippen LogP contribution in [0, 0.1) is 0 Å². The summed E-state index contributed by atoms with van der Waals surface area (Å²) in [6, 6.07) is 12.1. The molecule has 0 fully saturated rings. The monoisotopic (exact) mass is 500 g/mol. The average Bonchev–Trinajstić information content (AvgIpc) is 3.12.